The number of rotatable bonds is 4. The number of hydrogen-bond donors (Lipinski definition) is 0. The Hall–Kier alpha value is -2.82. The molecule has 3 rings (SSSR count). The molecule has 5 nitrogen and oxygen atoms in total. The fourth-order valence-corrected chi connectivity index (χ4v) is 2.20. The molecule has 0 N–H and O–H groups in total. The molecular formula is C16H14N4O. The topological polar surface area (TPSA) is 60.7 Å². The molecule has 0 aliphatic rings. The number of hydrogen-bond acceptors (Lipinski definition) is 4. The van der Waals surface area contributed by atoms with Gasteiger partial charge in [0.1, 0.15) is 11.4 Å². The van der Waals surface area contributed by atoms with Crippen molar-refractivity contribution < 1.29 is 4.79 Å². The van der Waals surface area contributed by atoms with Crippen LogP contribution < -0.4 is 0 Å². The highest BCUT2D eigenvalue weighted by Gasteiger charge is 2.14. The first kappa shape index (κ1) is 13.2. The van der Waals surface area contributed by atoms with Crippen LogP contribution in [-0.4, -0.2) is 26.0 Å². The number of benzene rings is 1. The number of aldehydes is 1. The Bertz CT molecular complexity index is 765. The quantitative estimate of drug-likeness (QED) is 0.688. The average molecular weight is 278 g/mol. The molecule has 0 amide bonds. The number of aryl methyl sites for hydroxylation is 1. The lowest BCUT2D eigenvalue weighted by atomic mass is 10.2. The van der Waals surface area contributed by atoms with Gasteiger partial charge in [-0.3, -0.25) is 19.4 Å². The highest BCUT2D eigenvalue weighted by molar-refractivity contribution is 5.84. The first-order valence-electron chi connectivity index (χ1n) is 6.62. The van der Waals surface area contributed by atoms with Gasteiger partial charge in [0.2, 0.25) is 0 Å². The Kier molecular flexibility index (Phi) is 3.55. The van der Waals surface area contributed by atoms with Crippen molar-refractivity contribution in [1.29, 1.82) is 0 Å². The molecule has 2 heterocycles. The number of aromatic nitrogens is 4. The van der Waals surface area contributed by atoms with Crippen molar-refractivity contribution >= 4 is 6.29 Å². The van der Waals surface area contributed by atoms with Crippen LogP contribution in [0.1, 0.15) is 21.6 Å². The molecule has 0 unspecified atom stereocenters. The lowest BCUT2D eigenvalue weighted by Gasteiger charge is -2.02. The Balaban J connectivity index is 1.99. The summed E-state index contributed by atoms with van der Waals surface area (Å²) in [7, 11) is 0. The fraction of sp³-hybridized carbons (Fsp3) is 0.125. The molecule has 0 radical (unpaired) electrons. The molecule has 2 aromatic heterocycles. The molecule has 3 aromatic rings. The van der Waals surface area contributed by atoms with E-state index in [1.54, 1.807) is 23.3 Å². The van der Waals surface area contributed by atoms with Crippen LogP contribution in [0.4, 0.5) is 0 Å². The maximum absolute atomic E-state index is 11.3. The van der Waals surface area contributed by atoms with E-state index in [-0.39, 0.29) is 0 Å². The maximum atomic E-state index is 11.3. The second kappa shape index (κ2) is 5.66. The molecule has 0 fully saturated rings. The Labute approximate surface area is 122 Å². The van der Waals surface area contributed by atoms with Gasteiger partial charge in [0, 0.05) is 18.6 Å². The van der Waals surface area contributed by atoms with Gasteiger partial charge in [-0.1, -0.05) is 30.3 Å². The van der Waals surface area contributed by atoms with E-state index in [0.717, 1.165) is 17.5 Å². The van der Waals surface area contributed by atoms with Crippen LogP contribution in [-0.2, 0) is 6.54 Å². The highest BCUT2D eigenvalue weighted by atomic mass is 16.1. The Morgan fingerprint density at radius 2 is 1.86 bits per heavy atom. The van der Waals surface area contributed by atoms with Gasteiger partial charge in [0.05, 0.1) is 17.8 Å². The number of nitrogens with zero attached hydrogens (tertiary/aromatic N) is 4. The van der Waals surface area contributed by atoms with Crippen molar-refractivity contribution in [2.24, 2.45) is 0 Å². The lowest BCUT2D eigenvalue weighted by Crippen LogP contribution is -2.00. The van der Waals surface area contributed by atoms with Crippen molar-refractivity contribution in [2.45, 2.75) is 13.5 Å². The van der Waals surface area contributed by atoms with Crippen LogP contribution in [0, 0.1) is 6.92 Å². The largest absolute Gasteiger partial charge is 0.298 e. The lowest BCUT2D eigenvalue weighted by molar-refractivity contribution is 0.112. The van der Waals surface area contributed by atoms with E-state index in [0.29, 0.717) is 23.5 Å². The van der Waals surface area contributed by atoms with Gasteiger partial charge >= 0.3 is 0 Å². The van der Waals surface area contributed by atoms with Crippen molar-refractivity contribution in [1.82, 2.24) is 19.7 Å². The summed E-state index contributed by atoms with van der Waals surface area (Å²) in [6.07, 6.45) is 5.77. The van der Waals surface area contributed by atoms with Gasteiger partial charge in [-0.15, -0.1) is 0 Å². The molecule has 0 saturated heterocycles. The van der Waals surface area contributed by atoms with Gasteiger partial charge in [-0.05, 0) is 12.5 Å². The summed E-state index contributed by atoms with van der Waals surface area (Å²) in [5, 5.41) is 4.49. The van der Waals surface area contributed by atoms with Crippen LogP contribution in [0.2, 0.25) is 0 Å². The van der Waals surface area contributed by atoms with E-state index in [1.165, 1.54) is 0 Å². The minimum absolute atomic E-state index is 0.523. The summed E-state index contributed by atoms with van der Waals surface area (Å²) in [4.78, 5) is 19.8. The van der Waals surface area contributed by atoms with E-state index in [4.69, 9.17) is 0 Å². The van der Waals surface area contributed by atoms with Crippen LogP contribution in [0.15, 0.2) is 48.9 Å². The van der Waals surface area contributed by atoms with Crippen molar-refractivity contribution in [3.63, 3.8) is 0 Å². The van der Waals surface area contributed by atoms with Gasteiger partial charge < -0.3 is 0 Å². The molecular weight excluding hydrogens is 264 g/mol. The van der Waals surface area contributed by atoms with Crippen LogP contribution in [0.5, 0.6) is 0 Å². The second-order valence-corrected chi connectivity index (χ2v) is 4.72. The zero-order valence-corrected chi connectivity index (χ0v) is 11.6. The van der Waals surface area contributed by atoms with Crippen LogP contribution in [0.3, 0.4) is 0 Å². The third-order valence-electron chi connectivity index (χ3n) is 3.21. The zero-order chi connectivity index (χ0) is 14.7. The summed E-state index contributed by atoms with van der Waals surface area (Å²) >= 11 is 0. The maximum Gasteiger partial charge on any atom is 0.153 e. The summed E-state index contributed by atoms with van der Waals surface area (Å²) in [6.45, 7) is 2.47. The van der Waals surface area contributed by atoms with Crippen molar-refractivity contribution in [3.8, 4) is 11.4 Å². The van der Waals surface area contributed by atoms with E-state index in [2.05, 4.69) is 15.1 Å². The monoisotopic (exact) mass is 278 g/mol. The number of carbonyl (C=O) groups is 1. The predicted octanol–water partition coefficient (Wildman–Crippen LogP) is 2.51. The summed E-state index contributed by atoms with van der Waals surface area (Å²) in [5.74, 6) is 0. The fourth-order valence-electron chi connectivity index (χ4n) is 2.20. The second-order valence-electron chi connectivity index (χ2n) is 4.72. The first-order valence-corrected chi connectivity index (χ1v) is 6.62. The minimum atomic E-state index is 0.523. The Morgan fingerprint density at radius 1 is 1.10 bits per heavy atom. The van der Waals surface area contributed by atoms with Crippen LogP contribution in [0.25, 0.3) is 11.4 Å². The van der Waals surface area contributed by atoms with Gasteiger partial charge in [-0.2, -0.15) is 5.10 Å². The third kappa shape index (κ3) is 2.72. The molecule has 1 aromatic carbocycles. The Morgan fingerprint density at radius 3 is 2.57 bits per heavy atom. The van der Waals surface area contributed by atoms with Crippen LogP contribution >= 0.6 is 0 Å². The van der Waals surface area contributed by atoms with Gasteiger partial charge in [0.25, 0.3) is 0 Å². The number of carbonyl (C=O) groups excluding carboxylic acids is 1. The SMILES string of the molecule is Cc1nccnc1-c1nn(Cc2ccccc2)cc1C=O. The summed E-state index contributed by atoms with van der Waals surface area (Å²) in [5.41, 5.74) is 3.62. The molecule has 0 atom stereocenters. The normalized spacial score (nSPS) is 10.5. The minimum Gasteiger partial charge on any atom is -0.298 e. The van der Waals surface area contributed by atoms with Crippen molar-refractivity contribution in [3.05, 3.63) is 65.7 Å². The predicted molar refractivity (Wildman–Crippen MR) is 78.9 cm³/mol. The molecule has 21 heavy (non-hydrogen) atoms. The molecule has 5 heteroatoms. The van der Waals surface area contributed by atoms with Crippen molar-refractivity contribution in [2.75, 3.05) is 0 Å². The van der Waals surface area contributed by atoms with Gasteiger partial charge in [-0.25, -0.2) is 0 Å². The van der Waals surface area contributed by atoms with E-state index in [1.807, 2.05) is 37.3 Å². The molecule has 0 spiro atoms. The molecule has 0 aliphatic carbocycles. The molecule has 104 valence electrons. The first-order chi connectivity index (χ1) is 10.3. The zero-order valence-electron chi connectivity index (χ0n) is 11.6. The van der Waals surface area contributed by atoms with E-state index in [9.17, 15) is 4.79 Å². The standard InChI is InChI=1S/C16H14N4O/c1-12-15(18-8-7-17-12)16-14(11-21)10-20(19-16)9-13-5-3-2-4-6-13/h2-8,10-11H,9H2,1H3. The van der Waals surface area contributed by atoms with Gasteiger partial charge in [0.15, 0.2) is 6.29 Å². The molecule has 0 bridgehead atoms. The third-order valence-corrected chi connectivity index (χ3v) is 3.21. The smallest absolute Gasteiger partial charge is 0.153 e. The molecule has 0 aliphatic heterocycles. The van der Waals surface area contributed by atoms with E-state index >= 15 is 0 Å². The van der Waals surface area contributed by atoms with E-state index < -0.39 is 0 Å². The summed E-state index contributed by atoms with van der Waals surface area (Å²) < 4.78 is 1.75. The average Bonchev–Trinajstić information content (AvgIpc) is 2.91. The summed E-state index contributed by atoms with van der Waals surface area (Å²) in [6, 6.07) is 9.98. The highest BCUT2D eigenvalue weighted by Crippen LogP contribution is 2.21. The molecule has 0 saturated carbocycles.